The third-order valence-corrected chi connectivity index (χ3v) is 7.03. The predicted octanol–water partition coefficient (Wildman–Crippen LogP) is 2.10. The van der Waals surface area contributed by atoms with Crippen LogP contribution in [0.2, 0.25) is 0 Å². The number of alkyl carbamates (subject to hydrolysis) is 1. The monoisotopic (exact) mass is 482 g/mol. The summed E-state index contributed by atoms with van der Waals surface area (Å²) in [5, 5.41) is 31.3. The second-order valence-electron chi connectivity index (χ2n) is 9.09. The van der Waals surface area contributed by atoms with Crippen molar-refractivity contribution in [1.29, 1.82) is 0 Å². The number of rotatable bonds is 9. The van der Waals surface area contributed by atoms with E-state index in [4.69, 9.17) is 9.84 Å². The zero-order valence-corrected chi connectivity index (χ0v) is 19.4. The Morgan fingerprint density at radius 1 is 1.03 bits per heavy atom. The Balaban J connectivity index is 1.46. The first-order valence-corrected chi connectivity index (χ1v) is 11.8. The molecule has 1 atom stereocenters. The van der Waals surface area contributed by atoms with Crippen molar-refractivity contribution in [3.8, 4) is 11.1 Å². The molecule has 0 bridgehead atoms. The van der Waals surface area contributed by atoms with Crippen LogP contribution in [-0.2, 0) is 14.3 Å². The number of aliphatic hydroxyl groups is 2. The lowest BCUT2D eigenvalue weighted by molar-refractivity contribution is -0.142. The van der Waals surface area contributed by atoms with Crippen LogP contribution in [0.15, 0.2) is 48.5 Å². The molecule has 1 unspecified atom stereocenters. The van der Waals surface area contributed by atoms with Gasteiger partial charge in [0.15, 0.2) is 0 Å². The molecule has 0 spiro atoms. The van der Waals surface area contributed by atoms with Gasteiger partial charge in [-0.2, -0.15) is 0 Å². The molecule has 2 aromatic rings. The highest BCUT2D eigenvalue weighted by molar-refractivity contribution is 5.87. The van der Waals surface area contributed by atoms with Crippen molar-refractivity contribution in [2.75, 3.05) is 26.4 Å². The van der Waals surface area contributed by atoms with E-state index < -0.39 is 42.8 Å². The molecule has 4 rings (SSSR count). The van der Waals surface area contributed by atoms with Crippen molar-refractivity contribution in [2.45, 2.75) is 43.2 Å². The number of carbonyl (C=O) groups excluding carboxylic acids is 2. The Kier molecular flexibility index (Phi) is 7.37. The van der Waals surface area contributed by atoms with Crippen LogP contribution in [0.1, 0.15) is 42.7 Å². The lowest BCUT2D eigenvalue weighted by atomic mass is 9.97. The van der Waals surface area contributed by atoms with E-state index in [-0.39, 0.29) is 25.4 Å². The molecule has 1 heterocycles. The summed E-state index contributed by atoms with van der Waals surface area (Å²) in [7, 11) is 0. The van der Waals surface area contributed by atoms with Gasteiger partial charge < -0.3 is 30.3 Å². The van der Waals surface area contributed by atoms with E-state index in [2.05, 4.69) is 5.32 Å². The van der Waals surface area contributed by atoms with Gasteiger partial charge in [0.1, 0.15) is 12.6 Å². The van der Waals surface area contributed by atoms with E-state index in [1.165, 1.54) is 4.90 Å². The van der Waals surface area contributed by atoms with Gasteiger partial charge in [-0.05, 0) is 41.5 Å². The number of benzene rings is 2. The summed E-state index contributed by atoms with van der Waals surface area (Å²) in [6.07, 6.45) is -0.291. The Bertz CT molecular complexity index is 1050. The first kappa shape index (κ1) is 24.7. The fourth-order valence-corrected chi connectivity index (χ4v) is 5.16. The first-order chi connectivity index (χ1) is 16.9. The lowest BCUT2D eigenvalue weighted by Gasteiger charge is -2.37. The van der Waals surface area contributed by atoms with Crippen LogP contribution >= 0.6 is 0 Å². The number of nitrogens with one attached hydrogen (secondary N) is 1. The number of ether oxygens (including phenoxy) is 1. The maximum Gasteiger partial charge on any atom is 0.407 e. The van der Waals surface area contributed by atoms with E-state index in [9.17, 15) is 24.6 Å². The minimum atomic E-state index is -1.16. The third-order valence-electron chi connectivity index (χ3n) is 7.03. The zero-order chi connectivity index (χ0) is 25.0. The molecule has 9 nitrogen and oxygen atoms in total. The molecule has 0 saturated carbocycles. The summed E-state index contributed by atoms with van der Waals surface area (Å²) < 4.78 is 5.53. The second-order valence-corrected chi connectivity index (χ2v) is 9.09. The van der Waals surface area contributed by atoms with Gasteiger partial charge in [-0.1, -0.05) is 48.5 Å². The van der Waals surface area contributed by atoms with Gasteiger partial charge in [0.2, 0.25) is 5.91 Å². The fraction of sp³-hybridized carbons (Fsp3) is 0.423. The maximum atomic E-state index is 13.3. The SMILES string of the molecule is O=C(O)CCC(NC(=O)OCC1c2ccccc2-c2ccccc21)C(=O)N1CCCC1(CO)CO. The number of carboxylic acid groups (broad SMARTS) is 1. The Morgan fingerprint density at radius 2 is 1.63 bits per heavy atom. The summed E-state index contributed by atoms with van der Waals surface area (Å²) in [4.78, 5) is 38.5. The number of hydrogen-bond donors (Lipinski definition) is 4. The van der Waals surface area contributed by atoms with Gasteiger partial charge in [0, 0.05) is 18.9 Å². The van der Waals surface area contributed by atoms with Crippen molar-refractivity contribution in [1.82, 2.24) is 10.2 Å². The highest BCUT2D eigenvalue weighted by atomic mass is 16.5. The fourth-order valence-electron chi connectivity index (χ4n) is 5.16. The van der Waals surface area contributed by atoms with E-state index in [1.807, 2.05) is 48.5 Å². The Morgan fingerprint density at radius 3 is 2.20 bits per heavy atom. The molecule has 0 radical (unpaired) electrons. The highest BCUT2D eigenvalue weighted by Gasteiger charge is 2.45. The number of likely N-dealkylation sites (tertiary alicyclic amines) is 1. The standard InChI is InChI=1S/C26H30N2O7/c29-15-26(16-30)12-5-13-28(26)24(33)22(10-11-23(31)32)27-25(34)35-14-21-19-8-3-1-6-17(19)18-7-2-4-9-20(18)21/h1-4,6-9,21-22,29-30H,5,10-16H2,(H,27,34)(H,31,32). The molecule has 1 saturated heterocycles. The predicted molar refractivity (Wildman–Crippen MR) is 127 cm³/mol. The van der Waals surface area contributed by atoms with E-state index in [1.54, 1.807) is 0 Å². The summed E-state index contributed by atoms with van der Waals surface area (Å²) >= 11 is 0. The molecule has 0 aromatic heterocycles. The highest BCUT2D eigenvalue weighted by Crippen LogP contribution is 2.44. The quantitative estimate of drug-likeness (QED) is 0.430. The number of nitrogens with zero attached hydrogens (tertiary/aromatic N) is 1. The van der Waals surface area contributed by atoms with Crippen molar-refractivity contribution >= 4 is 18.0 Å². The molecule has 1 aliphatic heterocycles. The molecular formula is C26H30N2O7. The number of carboxylic acids is 1. The average molecular weight is 483 g/mol. The summed E-state index contributed by atoms with van der Waals surface area (Å²) in [5.74, 6) is -1.80. The summed E-state index contributed by atoms with van der Waals surface area (Å²) in [6.45, 7) is -0.492. The molecule has 2 amide bonds. The van der Waals surface area contributed by atoms with E-state index in [0.29, 0.717) is 19.4 Å². The van der Waals surface area contributed by atoms with Crippen LogP contribution in [0.5, 0.6) is 0 Å². The molecule has 1 aliphatic carbocycles. The normalized spacial score (nSPS) is 16.9. The molecule has 9 heteroatoms. The molecule has 35 heavy (non-hydrogen) atoms. The van der Waals surface area contributed by atoms with Crippen molar-refractivity contribution in [3.05, 3.63) is 59.7 Å². The molecular weight excluding hydrogens is 452 g/mol. The zero-order valence-electron chi connectivity index (χ0n) is 19.4. The van der Waals surface area contributed by atoms with E-state index >= 15 is 0 Å². The molecule has 1 fully saturated rings. The van der Waals surface area contributed by atoms with Gasteiger partial charge in [-0.25, -0.2) is 4.79 Å². The molecule has 186 valence electrons. The number of aliphatic carboxylic acids is 1. The summed E-state index contributed by atoms with van der Waals surface area (Å²) in [5.41, 5.74) is 3.15. The van der Waals surface area contributed by atoms with Crippen LogP contribution in [-0.4, -0.2) is 76.1 Å². The Hall–Kier alpha value is -3.43. The van der Waals surface area contributed by atoms with Crippen LogP contribution in [0.25, 0.3) is 11.1 Å². The van der Waals surface area contributed by atoms with Gasteiger partial charge in [-0.15, -0.1) is 0 Å². The minimum absolute atomic E-state index is 0.0562. The number of carbonyl (C=O) groups is 3. The van der Waals surface area contributed by atoms with Crippen LogP contribution in [0.4, 0.5) is 4.79 Å². The van der Waals surface area contributed by atoms with Crippen molar-refractivity contribution < 1.29 is 34.4 Å². The first-order valence-electron chi connectivity index (χ1n) is 11.8. The maximum absolute atomic E-state index is 13.3. The summed E-state index contributed by atoms with van der Waals surface area (Å²) in [6, 6.07) is 14.7. The largest absolute Gasteiger partial charge is 0.481 e. The van der Waals surface area contributed by atoms with Gasteiger partial charge in [-0.3, -0.25) is 9.59 Å². The number of fused-ring (bicyclic) bond motifs is 3. The topological polar surface area (TPSA) is 136 Å². The van der Waals surface area contributed by atoms with Crippen molar-refractivity contribution in [2.24, 2.45) is 0 Å². The molecule has 4 N–H and O–H groups in total. The average Bonchev–Trinajstić information content (AvgIpc) is 3.44. The van der Waals surface area contributed by atoms with E-state index in [0.717, 1.165) is 22.3 Å². The Labute approximate surface area is 203 Å². The molecule has 2 aliphatic rings. The van der Waals surface area contributed by atoms with Crippen LogP contribution < -0.4 is 5.32 Å². The number of aliphatic hydroxyl groups excluding tert-OH is 2. The minimum Gasteiger partial charge on any atom is -0.481 e. The van der Waals surface area contributed by atoms with Crippen molar-refractivity contribution in [3.63, 3.8) is 0 Å². The smallest absolute Gasteiger partial charge is 0.407 e. The number of amides is 2. The molecule has 2 aromatic carbocycles. The number of hydrogen-bond acceptors (Lipinski definition) is 6. The van der Waals surface area contributed by atoms with Crippen LogP contribution in [0, 0.1) is 0 Å². The lowest BCUT2D eigenvalue weighted by Crippen LogP contribution is -2.58. The van der Waals surface area contributed by atoms with Gasteiger partial charge >= 0.3 is 12.1 Å². The van der Waals surface area contributed by atoms with Gasteiger partial charge in [0.05, 0.1) is 18.8 Å². The third kappa shape index (κ3) is 4.87. The second kappa shape index (κ2) is 10.5. The van der Waals surface area contributed by atoms with Gasteiger partial charge in [0.25, 0.3) is 0 Å². The van der Waals surface area contributed by atoms with Crippen LogP contribution in [0.3, 0.4) is 0 Å².